The van der Waals surface area contributed by atoms with Gasteiger partial charge in [-0.25, -0.2) is 0 Å². The van der Waals surface area contributed by atoms with E-state index in [2.05, 4.69) is 0 Å². The fourth-order valence-corrected chi connectivity index (χ4v) is 2.52. The van der Waals surface area contributed by atoms with Crippen molar-refractivity contribution in [2.24, 2.45) is 5.73 Å². The van der Waals surface area contributed by atoms with Crippen molar-refractivity contribution in [2.75, 3.05) is 0 Å². The standard InChI is InChI=1S/C13H16ClNO3/c1-13(2)6-7-3-8(14)4-9(12(7)18-13)10(15)5-11(16)17/h3-4,10H,5-6,15H2,1-2H3,(H,16,17). The van der Waals surface area contributed by atoms with Gasteiger partial charge in [0.1, 0.15) is 11.4 Å². The second-order valence-corrected chi connectivity index (χ2v) is 5.66. The number of halogens is 1. The molecule has 1 aliphatic heterocycles. The maximum absolute atomic E-state index is 10.7. The molecule has 0 fully saturated rings. The van der Waals surface area contributed by atoms with Gasteiger partial charge in [-0.1, -0.05) is 11.6 Å². The Labute approximate surface area is 111 Å². The lowest BCUT2D eigenvalue weighted by atomic mass is 9.97. The van der Waals surface area contributed by atoms with E-state index < -0.39 is 12.0 Å². The Morgan fingerprint density at radius 1 is 1.61 bits per heavy atom. The molecule has 3 N–H and O–H groups in total. The third-order valence-corrected chi connectivity index (χ3v) is 3.17. The van der Waals surface area contributed by atoms with Crippen LogP contribution in [0, 0.1) is 0 Å². The number of hydrogen-bond acceptors (Lipinski definition) is 3. The van der Waals surface area contributed by atoms with E-state index in [1.54, 1.807) is 6.07 Å². The number of nitrogens with two attached hydrogens (primary N) is 1. The zero-order chi connectivity index (χ0) is 13.5. The predicted molar refractivity (Wildman–Crippen MR) is 69.0 cm³/mol. The molecule has 4 nitrogen and oxygen atoms in total. The maximum Gasteiger partial charge on any atom is 0.305 e. The number of ether oxygens (including phenoxy) is 1. The van der Waals surface area contributed by atoms with Gasteiger partial charge in [0.2, 0.25) is 0 Å². The summed E-state index contributed by atoms with van der Waals surface area (Å²) in [7, 11) is 0. The minimum absolute atomic E-state index is 0.142. The minimum atomic E-state index is -0.937. The summed E-state index contributed by atoms with van der Waals surface area (Å²) in [6, 6.07) is 2.93. The summed E-state index contributed by atoms with van der Waals surface area (Å²) >= 11 is 6.04. The summed E-state index contributed by atoms with van der Waals surface area (Å²) < 4.78 is 5.85. The Bertz CT molecular complexity index is 499. The van der Waals surface area contributed by atoms with Crippen molar-refractivity contribution in [3.8, 4) is 5.75 Å². The highest BCUT2D eigenvalue weighted by atomic mass is 35.5. The smallest absolute Gasteiger partial charge is 0.305 e. The molecule has 1 aliphatic rings. The van der Waals surface area contributed by atoms with Gasteiger partial charge in [0.15, 0.2) is 0 Å². The summed E-state index contributed by atoms with van der Waals surface area (Å²) in [4.78, 5) is 10.7. The molecule has 1 aromatic rings. The van der Waals surface area contributed by atoms with Crippen LogP contribution in [0.25, 0.3) is 0 Å². The van der Waals surface area contributed by atoms with Crippen LogP contribution in [0.2, 0.25) is 5.02 Å². The normalized spacial score (nSPS) is 18.0. The molecule has 1 unspecified atom stereocenters. The lowest BCUT2D eigenvalue weighted by Crippen LogP contribution is -2.25. The molecule has 0 aromatic heterocycles. The Balaban J connectivity index is 2.41. The van der Waals surface area contributed by atoms with Gasteiger partial charge in [-0.15, -0.1) is 0 Å². The van der Waals surface area contributed by atoms with Crippen molar-refractivity contribution in [1.29, 1.82) is 0 Å². The van der Waals surface area contributed by atoms with E-state index in [0.29, 0.717) is 16.3 Å². The Kier molecular flexibility index (Phi) is 3.25. The lowest BCUT2D eigenvalue weighted by molar-refractivity contribution is -0.137. The molecule has 2 rings (SSSR count). The van der Waals surface area contributed by atoms with Crippen molar-refractivity contribution < 1.29 is 14.6 Å². The molecule has 1 atom stereocenters. The van der Waals surface area contributed by atoms with Crippen LogP contribution in [0.3, 0.4) is 0 Å². The zero-order valence-electron chi connectivity index (χ0n) is 10.4. The summed E-state index contributed by atoms with van der Waals surface area (Å²) in [5.41, 5.74) is 7.27. The predicted octanol–water partition coefficient (Wildman–Crippen LogP) is 2.53. The molecule has 0 amide bonds. The zero-order valence-corrected chi connectivity index (χ0v) is 11.1. The van der Waals surface area contributed by atoms with E-state index >= 15 is 0 Å². The molecule has 0 bridgehead atoms. The van der Waals surface area contributed by atoms with Crippen molar-refractivity contribution in [1.82, 2.24) is 0 Å². The molecule has 5 heteroatoms. The average Bonchev–Trinajstić information content (AvgIpc) is 2.49. The van der Waals surface area contributed by atoms with Crippen LogP contribution in [-0.4, -0.2) is 16.7 Å². The highest BCUT2D eigenvalue weighted by Gasteiger charge is 2.33. The highest BCUT2D eigenvalue weighted by molar-refractivity contribution is 6.30. The van der Waals surface area contributed by atoms with E-state index in [1.807, 2.05) is 19.9 Å². The van der Waals surface area contributed by atoms with Gasteiger partial charge in [0, 0.05) is 23.0 Å². The molecular formula is C13H16ClNO3. The van der Waals surface area contributed by atoms with Crippen LogP contribution < -0.4 is 10.5 Å². The molecule has 1 aromatic carbocycles. The van der Waals surface area contributed by atoms with Crippen LogP contribution in [0.1, 0.15) is 37.4 Å². The first-order valence-electron chi connectivity index (χ1n) is 5.77. The van der Waals surface area contributed by atoms with Gasteiger partial charge in [-0.05, 0) is 31.5 Å². The van der Waals surface area contributed by atoms with Gasteiger partial charge in [0.25, 0.3) is 0 Å². The van der Waals surface area contributed by atoms with Crippen LogP contribution in [0.4, 0.5) is 0 Å². The molecular weight excluding hydrogens is 254 g/mol. The van der Waals surface area contributed by atoms with Crippen LogP contribution in [0.15, 0.2) is 12.1 Å². The third kappa shape index (κ3) is 2.60. The Morgan fingerprint density at radius 2 is 2.28 bits per heavy atom. The van der Waals surface area contributed by atoms with Gasteiger partial charge < -0.3 is 15.6 Å². The van der Waals surface area contributed by atoms with E-state index in [-0.39, 0.29) is 12.0 Å². The van der Waals surface area contributed by atoms with Gasteiger partial charge in [0.05, 0.1) is 6.42 Å². The summed E-state index contributed by atoms with van der Waals surface area (Å²) in [5, 5.41) is 9.37. The molecule has 0 spiro atoms. The van der Waals surface area contributed by atoms with Crippen molar-refractivity contribution in [2.45, 2.75) is 38.3 Å². The molecule has 0 saturated heterocycles. The number of aliphatic carboxylic acids is 1. The largest absolute Gasteiger partial charge is 0.487 e. The fourth-order valence-electron chi connectivity index (χ4n) is 2.27. The van der Waals surface area contributed by atoms with Crippen LogP contribution >= 0.6 is 11.6 Å². The number of carboxylic acid groups (broad SMARTS) is 1. The first-order chi connectivity index (χ1) is 8.28. The van der Waals surface area contributed by atoms with Crippen LogP contribution in [0.5, 0.6) is 5.75 Å². The monoisotopic (exact) mass is 269 g/mol. The van der Waals surface area contributed by atoms with Crippen molar-refractivity contribution in [3.05, 3.63) is 28.3 Å². The number of carbonyl (C=O) groups is 1. The first-order valence-corrected chi connectivity index (χ1v) is 6.15. The van der Waals surface area contributed by atoms with E-state index in [0.717, 1.165) is 12.0 Å². The third-order valence-electron chi connectivity index (χ3n) is 2.95. The molecule has 0 aliphatic carbocycles. The second kappa shape index (κ2) is 4.44. The number of fused-ring (bicyclic) bond motifs is 1. The molecule has 18 heavy (non-hydrogen) atoms. The Hall–Kier alpha value is -1.26. The summed E-state index contributed by atoms with van der Waals surface area (Å²) in [6.07, 6.45) is 0.603. The SMILES string of the molecule is CC1(C)Cc2cc(Cl)cc(C(N)CC(=O)O)c2O1. The number of benzene rings is 1. The lowest BCUT2D eigenvalue weighted by Gasteiger charge is -2.20. The van der Waals surface area contributed by atoms with E-state index in [9.17, 15) is 4.79 Å². The van der Waals surface area contributed by atoms with Gasteiger partial charge in [-0.2, -0.15) is 0 Å². The summed E-state index contributed by atoms with van der Waals surface area (Å²) in [5.74, 6) is -0.244. The van der Waals surface area contributed by atoms with Crippen LogP contribution in [-0.2, 0) is 11.2 Å². The van der Waals surface area contributed by atoms with E-state index in [1.165, 1.54) is 0 Å². The summed E-state index contributed by atoms with van der Waals surface area (Å²) in [6.45, 7) is 3.96. The Morgan fingerprint density at radius 3 is 2.89 bits per heavy atom. The topological polar surface area (TPSA) is 72.6 Å². The highest BCUT2D eigenvalue weighted by Crippen LogP contribution is 2.41. The molecule has 98 valence electrons. The number of rotatable bonds is 3. The molecule has 0 saturated carbocycles. The van der Waals surface area contributed by atoms with E-state index in [4.69, 9.17) is 27.2 Å². The van der Waals surface area contributed by atoms with Crippen molar-refractivity contribution in [3.63, 3.8) is 0 Å². The average molecular weight is 270 g/mol. The quantitative estimate of drug-likeness (QED) is 0.884. The van der Waals surface area contributed by atoms with Crippen molar-refractivity contribution >= 4 is 17.6 Å². The van der Waals surface area contributed by atoms with Gasteiger partial charge in [-0.3, -0.25) is 4.79 Å². The number of hydrogen-bond donors (Lipinski definition) is 2. The second-order valence-electron chi connectivity index (χ2n) is 5.23. The number of carboxylic acids is 1. The maximum atomic E-state index is 10.7. The van der Waals surface area contributed by atoms with Gasteiger partial charge >= 0.3 is 5.97 Å². The molecule has 0 radical (unpaired) electrons. The first kappa shape index (κ1) is 13.2. The minimum Gasteiger partial charge on any atom is -0.487 e. The fraction of sp³-hybridized carbons (Fsp3) is 0.462. The molecule has 1 heterocycles.